The summed E-state index contributed by atoms with van der Waals surface area (Å²) >= 11 is 0. The number of hydrogen-bond acceptors (Lipinski definition) is 5. The molecule has 1 aromatic carbocycles. The van der Waals surface area contributed by atoms with Gasteiger partial charge < -0.3 is 10.2 Å². The third-order valence-corrected chi connectivity index (χ3v) is 7.43. The fourth-order valence-corrected chi connectivity index (χ4v) is 5.38. The number of nitrogens with zero attached hydrogens (tertiary/aromatic N) is 3. The zero-order valence-electron chi connectivity index (χ0n) is 18.3. The van der Waals surface area contributed by atoms with E-state index >= 15 is 0 Å². The monoisotopic (exact) mass is 444 g/mol. The molecule has 0 unspecified atom stereocenters. The van der Waals surface area contributed by atoms with Gasteiger partial charge >= 0.3 is 0 Å². The van der Waals surface area contributed by atoms with Crippen molar-refractivity contribution < 1.29 is 18.0 Å². The summed E-state index contributed by atoms with van der Waals surface area (Å²) < 4.78 is 28.1. The van der Waals surface area contributed by atoms with Gasteiger partial charge in [-0.3, -0.25) is 14.6 Å². The van der Waals surface area contributed by atoms with Crippen LogP contribution in [0.1, 0.15) is 46.2 Å². The number of benzene rings is 1. The summed E-state index contributed by atoms with van der Waals surface area (Å²) in [4.78, 5) is 30.0. The van der Waals surface area contributed by atoms with Crippen molar-refractivity contribution in [2.45, 2.75) is 37.1 Å². The van der Waals surface area contributed by atoms with Gasteiger partial charge in [-0.25, -0.2) is 8.42 Å². The predicted octanol–water partition coefficient (Wildman–Crippen LogP) is 1.91. The van der Waals surface area contributed by atoms with E-state index in [1.54, 1.807) is 64.5 Å². The molecule has 3 rings (SSSR count). The second kappa shape index (κ2) is 9.15. The number of sulfonamides is 1. The van der Waals surface area contributed by atoms with Gasteiger partial charge in [0.25, 0.3) is 5.91 Å². The van der Waals surface area contributed by atoms with Crippen LogP contribution in [-0.4, -0.2) is 62.1 Å². The summed E-state index contributed by atoms with van der Waals surface area (Å²) in [5, 5.41) is 2.58. The maximum absolute atomic E-state index is 13.3. The Hall–Kier alpha value is -2.78. The van der Waals surface area contributed by atoms with E-state index in [1.165, 1.54) is 9.21 Å². The molecule has 166 valence electrons. The summed E-state index contributed by atoms with van der Waals surface area (Å²) in [6.45, 7) is 2.15. The van der Waals surface area contributed by atoms with Gasteiger partial charge in [-0.15, -0.1) is 0 Å². The minimum atomic E-state index is -3.72. The number of carbonyl (C=O) groups excluding carboxylic acids is 2. The van der Waals surface area contributed by atoms with Gasteiger partial charge in [-0.05, 0) is 49.6 Å². The van der Waals surface area contributed by atoms with Crippen LogP contribution < -0.4 is 5.32 Å². The van der Waals surface area contributed by atoms with Crippen molar-refractivity contribution in [3.63, 3.8) is 0 Å². The first kappa shape index (κ1) is 22.9. The van der Waals surface area contributed by atoms with Crippen molar-refractivity contribution in [3.05, 3.63) is 58.9 Å². The lowest BCUT2D eigenvalue weighted by Gasteiger charge is -2.24. The quantitative estimate of drug-likeness (QED) is 0.734. The molecule has 1 N–H and O–H groups in total. The average Bonchev–Trinajstić information content (AvgIpc) is 3.24. The smallest absolute Gasteiger partial charge is 0.252 e. The second-order valence-corrected chi connectivity index (χ2v) is 9.72. The summed E-state index contributed by atoms with van der Waals surface area (Å²) in [6, 6.07) is 9.51. The lowest BCUT2D eigenvalue weighted by Crippen LogP contribution is -2.31. The maximum Gasteiger partial charge on any atom is 0.252 e. The van der Waals surface area contributed by atoms with Crippen molar-refractivity contribution in [3.8, 4) is 0 Å². The molecular formula is C22H28N4O4S. The standard InChI is InChI=1S/C22H28N4O4S/c1-15-18(22(28)23-2)11-12-19(24-15)20-6-5-13-26(20)31(29,30)17-9-7-16(8-10-17)14-21(27)25(3)4/h7-12,20H,5-6,13-14H2,1-4H3,(H,23,28)/t20-/m1/s1. The van der Waals surface area contributed by atoms with Crippen LogP contribution in [0.25, 0.3) is 0 Å². The molecule has 1 atom stereocenters. The Morgan fingerprint density at radius 3 is 2.42 bits per heavy atom. The molecule has 1 fully saturated rings. The normalized spacial score (nSPS) is 16.8. The van der Waals surface area contributed by atoms with E-state index in [0.717, 1.165) is 12.0 Å². The van der Waals surface area contributed by atoms with Gasteiger partial charge in [-0.1, -0.05) is 12.1 Å². The zero-order valence-corrected chi connectivity index (χ0v) is 19.1. The number of nitrogens with one attached hydrogen (secondary N) is 1. The van der Waals surface area contributed by atoms with E-state index < -0.39 is 10.0 Å². The van der Waals surface area contributed by atoms with E-state index in [-0.39, 0.29) is 29.2 Å². The Labute approximate surface area is 183 Å². The third-order valence-electron chi connectivity index (χ3n) is 5.51. The molecule has 0 bridgehead atoms. The molecule has 0 radical (unpaired) electrons. The van der Waals surface area contributed by atoms with Crippen LogP contribution in [0.2, 0.25) is 0 Å². The van der Waals surface area contributed by atoms with E-state index in [1.807, 2.05) is 0 Å². The van der Waals surface area contributed by atoms with E-state index in [0.29, 0.717) is 29.9 Å². The Morgan fingerprint density at radius 2 is 1.84 bits per heavy atom. The van der Waals surface area contributed by atoms with Gasteiger partial charge in [0.1, 0.15) is 0 Å². The SMILES string of the molecule is CNC(=O)c1ccc([C@H]2CCCN2S(=O)(=O)c2ccc(CC(=O)N(C)C)cc2)nc1C. The molecule has 9 heteroatoms. The molecule has 2 heterocycles. The topological polar surface area (TPSA) is 99.7 Å². The number of aryl methyl sites for hydroxylation is 1. The first-order valence-electron chi connectivity index (χ1n) is 10.2. The molecule has 2 aromatic rings. The number of amides is 2. The fraction of sp³-hybridized carbons (Fsp3) is 0.409. The largest absolute Gasteiger partial charge is 0.355 e. The molecule has 0 saturated carbocycles. The van der Waals surface area contributed by atoms with E-state index in [4.69, 9.17) is 0 Å². The van der Waals surface area contributed by atoms with Crippen molar-refractivity contribution in [2.24, 2.45) is 0 Å². The highest BCUT2D eigenvalue weighted by atomic mass is 32.2. The van der Waals surface area contributed by atoms with Gasteiger partial charge in [-0.2, -0.15) is 4.31 Å². The zero-order chi connectivity index (χ0) is 22.8. The van der Waals surface area contributed by atoms with Gasteiger partial charge in [0.2, 0.25) is 15.9 Å². The van der Waals surface area contributed by atoms with Gasteiger partial charge in [0.05, 0.1) is 34.3 Å². The molecule has 1 aliphatic rings. The highest BCUT2D eigenvalue weighted by Gasteiger charge is 2.37. The van der Waals surface area contributed by atoms with Crippen LogP contribution in [-0.2, 0) is 21.2 Å². The Balaban J connectivity index is 1.85. The minimum Gasteiger partial charge on any atom is -0.355 e. The lowest BCUT2D eigenvalue weighted by molar-refractivity contribution is -0.127. The number of pyridine rings is 1. The number of rotatable bonds is 6. The molecule has 8 nitrogen and oxygen atoms in total. The van der Waals surface area contributed by atoms with Crippen LogP contribution in [0, 0.1) is 6.92 Å². The summed E-state index contributed by atoms with van der Waals surface area (Å²) in [5.41, 5.74) is 2.44. The van der Waals surface area contributed by atoms with E-state index in [9.17, 15) is 18.0 Å². The summed E-state index contributed by atoms with van der Waals surface area (Å²) in [5.74, 6) is -0.267. The van der Waals surface area contributed by atoms with Crippen molar-refractivity contribution in [1.29, 1.82) is 0 Å². The van der Waals surface area contributed by atoms with Crippen LogP contribution in [0.15, 0.2) is 41.3 Å². The first-order chi connectivity index (χ1) is 14.6. The average molecular weight is 445 g/mol. The predicted molar refractivity (Wildman–Crippen MR) is 117 cm³/mol. The third kappa shape index (κ3) is 4.77. The Kier molecular flexibility index (Phi) is 6.76. The molecule has 1 aromatic heterocycles. The summed E-state index contributed by atoms with van der Waals surface area (Å²) in [7, 11) is 1.21. The minimum absolute atomic E-state index is 0.0446. The number of aromatic nitrogens is 1. The van der Waals surface area contributed by atoms with Crippen LogP contribution >= 0.6 is 0 Å². The second-order valence-electron chi connectivity index (χ2n) is 7.83. The number of hydrogen-bond donors (Lipinski definition) is 1. The Bertz CT molecular complexity index is 1080. The van der Waals surface area contributed by atoms with E-state index in [2.05, 4.69) is 10.3 Å². The van der Waals surface area contributed by atoms with Crippen LogP contribution in [0.5, 0.6) is 0 Å². The molecule has 0 aliphatic carbocycles. The maximum atomic E-state index is 13.3. The molecule has 1 saturated heterocycles. The van der Waals surface area contributed by atoms with Crippen molar-refractivity contribution in [2.75, 3.05) is 27.7 Å². The van der Waals surface area contributed by atoms with Gasteiger partial charge in [0, 0.05) is 27.7 Å². The highest BCUT2D eigenvalue weighted by molar-refractivity contribution is 7.89. The molecule has 1 aliphatic heterocycles. The molecule has 0 spiro atoms. The number of likely N-dealkylation sites (N-methyl/N-ethyl adjacent to an activating group) is 1. The van der Waals surface area contributed by atoms with Crippen LogP contribution in [0.3, 0.4) is 0 Å². The molecular weight excluding hydrogens is 416 g/mol. The molecule has 31 heavy (non-hydrogen) atoms. The first-order valence-corrected chi connectivity index (χ1v) is 11.6. The van der Waals surface area contributed by atoms with Gasteiger partial charge in [0.15, 0.2) is 0 Å². The lowest BCUT2D eigenvalue weighted by atomic mass is 10.1. The highest BCUT2D eigenvalue weighted by Crippen LogP contribution is 2.36. The van der Waals surface area contributed by atoms with Crippen molar-refractivity contribution in [1.82, 2.24) is 19.5 Å². The summed E-state index contributed by atoms with van der Waals surface area (Å²) in [6.07, 6.45) is 1.62. The number of carbonyl (C=O) groups is 2. The Morgan fingerprint density at radius 1 is 1.16 bits per heavy atom. The van der Waals surface area contributed by atoms with Crippen molar-refractivity contribution >= 4 is 21.8 Å². The molecule has 2 amide bonds. The van der Waals surface area contributed by atoms with Crippen LogP contribution in [0.4, 0.5) is 0 Å². The fourth-order valence-electron chi connectivity index (χ4n) is 3.71.